The van der Waals surface area contributed by atoms with Gasteiger partial charge in [0.05, 0.1) is 5.56 Å². The van der Waals surface area contributed by atoms with Crippen LogP contribution in [-0.2, 0) is 0 Å². The Morgan fingerprint density at radius 2 is 2.25 bits per heavy atom. The van der Waals surface area contributed by atoms with E-state index in [0.29, 0.717) is 30.1 Å². The molecule has 0 spiro atoms. The molecule has 0 aliphatic rings. The zero-order valence-corrected chi connectivity index (χ0v) is 9.65. The summed E-state index contributed by atoms with van der Waals surface area (Å²) in [6, 6.07) is 1.65. The van der Waals surface area contributed by atoms with Gasteiger partial charge in [0, 0.05) is 24.5 Å². The van der Waals surface area contributed by atoms with Gasteiger partial charge in [-0.3, -0.25) is 9.78 Å². The molecule has 88 valence electrons. The lowest BCUT2D eigenvalue weighted by molar-refractivity contribution is 0.0974. The van der Waals surface area contributed by atoms with Crippen molar-refractivity contribution < 1.29 is 4.79 Å². The van der Waals surface area contributed by atoms with Crippen molar-refractivity contribution in [3.05, 3.63) is 24.0 Å². The minimum atomic E-state index is 0.0643. The van der Waals surface area contributed by atoms with Gasteiger partial charge in [0.1, 0.15) is 0 Å². The normalized spacial score (nSPS) is 12.4. The van der Waals surface area contributed by atoms with Gasteiger partial charge in [-0.25, -0.2) is 0 Å². The fourth-order valence-corrected chi connectivity index (χ4v) is 1.58. The molecule has 1 atom stereocenters. The second kappa shape index (κ2) is 6.23. The number of nitrogen functional groups attached to an aromatic ring is 1. The molecule has 0 aromatic carbocycles. The molecule has 0 saturated carbocycles. The summed E-state index contributed by atoms with van der Waals surface area (Å²) in [6.45, 7) is 2.77. The number of nitrogens with zero attached hydrogens (tertiary/aromatic N) is 1. The van der Waals surface area contributed by atoms with Crippen LogP contribution in [0, 0.1) is 5.92 Å². The zero-order valence-electron chi connectivity index (χ0n) is 9.65. The lowest BCUT2D eigenvalue weighted by atomic mass is 9.98. The highest BCUT2D eigenvalue weighted by molar-refractivity contribution is 6.00. The number of hydrogen-bond donors (Lipinski definition) is 2. The first kappa shape index (κ1) is 12.6. The van der Waals surface area contributed by atoms with E-state index in [-0.39, 0.29) is 5.78 Å². The van der Waals surface area contributed by atoms with Gasteiger partial charge in [-0.05, 0) is 31.4 Å². The third-order valence-corrected chi connectivity index (χ3v) is 2.68. The van der Waals surface area contributed by atoms with Crippen molar-refractivity contribution in [3.63, 3.8) is 0 Å². The molecule has 0 amide bonds. The monoisotopic (exact) mass is 221 g/mol. The van der Waals surface area contributed by atoms with Gasteiger partial charge >= 0.3 is 0 Å². The molecule has 1 unspecified atom stereocenters. The van der Waals surface area contributed by atoms with Crippen LogP contribution in [0.15, 0.2) is 18.5 Å². The Kier molecular flexibility index (Phi) is 4.92. The number of carbonyl (C=O) groups is 1. The summed E-state index contributed by atoms with van der Waals surface area (Å²) in [4.78, 5) is 15.7. The molecule has 4 heteroatoms. The molecule has 1 rings (SSSR count). The fraction of sp³-hybridized carbons (Fsp3) is 0.500. The van der Waals surface area contributed by atoms with E-state index in [1.165, 1.54) is 6.20 Å². The third kappa shape index (κ3) is 3.62. The summed E-state index contributed by atoms with van der Waals surface area (Å²) >= 11 is 0. The number of nitrogens with two attached hydrogens (primary N) is 2. The van der Waals surface area contributed by atoms with Crippen LogP contribution in [-0.4, -0.2) is 17.3 Å². The fourth-order valence-electron chi connectivity index (χ4n) is 1.58. The lowest BCUT2D eigenvalue weighted by Gasteiger charge is -2.09. The molecule has 16 heavy (non-hydrogen) atoms. The number of carbonyl (C=O) groups excluding carboxylic acids is 1. The highest BCUT2D eigenvalue weighted by Gasteiger charge is 2.11. The predicted molar refractivity (Wildman–Crippen MR) is 65.0 cm³/mol. The van der Waals surface area contributed by atoms with E-state index < -0.39 is 0 Å². The van der Waals surface area contributed by atoms with Gasteiger partial charge in [0.2, 0.25) is 0 Å². The van der Waals surface area contributed by atoms with E-state index >= 15 is 0 Å². The van der Waals surface area contributed by atoms with Crippen molar-refractivity contribution in [2.75, 3.05) is 12.3 Å². The van der Waals surface area contributed by atoms with Crippen molar-refractivity contribution in [1.29, 1.82) is 0 Å². The van der Waals surface area contributed by atoms with Gasteiger partial charge in [-0.15, -0.1) is 0 Å². The molecule has 0 bridgehead atoms. The highest BCUT2D eigenvalue weighted by Crippen LogP contribution is 2.16. The van der Waals surface area contributed by atoms with E-state index in [1.54, 1.807) is 12.3 Å². The van der Waals surface area contributed by atoms with E-state index in [9.17, 15) is 4.79 Å². The quantitative estimate of drug-likeness (QED) is 0.715. The zero-order chi connectivity index (χ0) is 12.0. The Balaban J connectivity index is 2.50. The number of Topliss-reactive ketones (excluding diaryl/α,β-unsaturated/α-hetero) is 1. The Morgan fingerprint density at radius 1 is 1.50 bits per heavy atom. The first-order chi connectivity index (χ1) is 7.65. The largest absolute Gasteiger partial charge is 0.398 e. The van der Waals surface area contributed by atoms with Crippen LogP contribution in [0.25, 0.3) is 0 Å². The van der Waals surface area contributed by atoms with Crippen molar-refractivity contribution in [2.45, 2.75) is 26.2 Å². The molecular weight excluding hydrogens is 202 g/mol. The SMILES string of the molecule is CC(CCN)CCC(=O)c1cnccc1N. The van der Waals surface area contributed by atoms with Gasteiger partial charge in [-0.2, -0.15) is 0 Å². The maximum Gasteiger partial charge on any atom is 0.166 e. The molecule has 1 heterocycles. The minimum Gasteiger partial charge on any atom is -0.398 e. The van der Waals surface area contributed by atoms with Gasteiger partial charge in [0.15, 0.2) is 5.78 Å². The Bertz CT molecular complexity index is 352. The maximum atomic E-state index is 11.8. The maximum absolute atomic E-state index is 11.8. The third-order valence-electron chi connectivity index (χ3n) is 2.68. The molecule has 0 aliphatic heterocycles. The number of ketones is 1. The average molecular weight is 221 g/mol. The van der Waals surface area contributed by atoms with E-state index in [1.807, 2.05) is 0 Å². The first-order valence-electron chi connectivity index (χ1n) is 5.58. The van der Waals surface area contributed by atoms with Crippen molar-refractivity contribution in [1.82, 2.24) is 4.98 Å². The summed E-state index contributed by atoms with van der Waals surface area (Å²) in [7, 11) is 0. The molecule has 1 aromatic rings. The highest BCUT2D eigenvalue weighted by atomic mass is 16.1. The van der Waals surface area contributed by atoms with E-state index in [2.05, 4.69) is 11.9 Å². The number of rotatable bonds is 6. The molecule has 0 aliphatic carbocycles. The van der Waals surface area contributed by atoms with Crippen LogP contribution >= 0.6 is 0 Å². The van der Waals surface area contributed by atoms with Gasteiger partial charge in [-0.1, -0.05) is 6.92 Å². The summed E-state index contributed by atoms with van der Waals surface area (Å²) in [5.74, 6) is 0.543. The van der Waals surface area contributed by atoms with Crippen LogP contribution in [0.3, 0.4) is 0 Å². The van der Waals surface area contributed by atoms with E-state index in [4.69, 9.17) is 11.5 Å². The second-order valence-corrected chi connectivity index (χ2v) is 4.11. The van der Waals surface area contributed by atoms with Crippen molar-refractivity contribution in [2.24, 2.45) is 11.7 Å². The average Bonchev–Trinajstić information content (AvgIpc) is 2.27. The summed E-state index contributed by atoms with van der Waals surface area (Å²) < 4.78 is 0. The minimum absolute atomic E-state index is 0.0643. The first-order valence-corrected chi connectivity index (χ1v) is 5.58. The predicted octanol–water partition coefficient (Wildman–Crippen LogP) is 1.61. The van der Waals surface area contributed by atoms with Gasteiger partial charge in [0.25, 0.3) is 0 Å². The number of pyridine rings is 1. The number of hydrogen-bond acceptors (Lipinski definition) is 4. The van der Waals surface area contributed by atoms with Crippen LogP contribution < -0.4 is 11.5 Å². The molecule has 4 N–H and O–H groups in total. The molecule has 1 aromatic heterocycles. The summed E-state index contributed by atoms with van der Waals surface area (Å²) in [5.41, 5.74) is 12.2. The summed E-state index contributed by atoms with van der Waals surface area (Å²) in [5, 5.41) is 0. The smallest absolute Gasteiger partial charge is 0.166 e. The van der Waals surface area contributed by atoms with Crippen molar-refractivity contribution >= 4 is 11.5 Å². The standard InChI is InChI=1S/C12H19N3O/c1-9(4-6-13)2-3-12(16)10-8-15-7-5-11(10)14/h5,7-9H,2-4,6,13H2,1H3,(H2,14,15). The van der Waals surface area contributed by atoms with Crippen LogP contribution in [0.4, 0.5) is 5.69 Å². The molecule has 0 saturated heterocycles. The molecule has 4 nitrogen and oxygen atoms in total. The van der Waals surface area contributed by atoms with Crippen LogP contribution in [0.2, 0.25) is 0 Å². The van der Waals surface area contributed by atoms with Crippen LogP contribution in [0.5, 0.6) is 0 Å². The Labute approximate surface area is 96.0 Å². The van der Waals surface area contributed by atoms with E-state index in [0.717, 1.165) is 12.8 Å². The topological polar surface area (TPSA) is 82.0 Å². The number of aromatic nitrogens is 1. The van der Waals surface area contributed by atoms with Crippen molar-refractivity contribution in [3.8, 4) is 0 Å². The van der Waals surface area contributed by atoms with Gasteiger partial charge < -0.3 is 11.5 Å². The second-order valence-electron chi connectivity index (χ2n) is 4.11. The van der Waals surface area contributed by atoms with Crippen LogP contribution in [0.1, 0.15) is 36.5 Å². The molecule has 0 fully saturated rings. The summed E-state index contributed by atoms with van der Waals surface area (Å²) in [6.07, 6.45) is 5.44. The molecular formula is C12H19N3O. The Hall–Kier alpha value is -1.42. The lowest BCUT2D eigenvalue weighted by Crippen LogP contribution is -2.09. The Morgan fingerprint density at radius 3 is 2.88 bits per heavy atom. The number of anilines is 1. The molecule has 0 radical (unpaired) electrons.